The molecule has 80 heavy (non-hydrogen) atoms. The summed E-state index contributed by atoms with van der Waals surface area (Å²) < 4.78 is 16.8. The molecule has 0 fully saturated rings. The van der Waals surface area contributed by atoms with Crippen LogP contribution in [0.3, 0.4) is 0 Å². The molecule has 0 amide bonds. The average Bonchev–Trinajstić information content (AvgIpc) is 3.46. The van der Waals surface area contributed by atoms with Gasteiger partial charge in [0.15, 0.2) is 6.10 Å². The third-order valence-corrected chi connectivity index (χ3v) is 15.2. The number of rotatable bonds is 63. The van der Waals surface area contributed by atoms with E-state index in [-0.39, 0.29) is 31.6 Å². The first-order valence-electron chi connectivity index (χ1n) is 34.6. The Bertz CT molecular complexity index is 1520. The standard InChI is InChI=1S/C74H130O6/c1-4-7-10-13-16-19-22-25-28-30-31-32-33-34-35-36-37-38-39-40-41-42-44-46-49-52-55-58-61-64-67-73(76)79-70-71(69-78-72(75)66-63-60-57-54-51-48-45-27-24-21-18-15-12-9-6-3)80-74(77)68-65-62-59-56-53-50-47-43-29-26-23-20-17-14-11-8-5-2/h9,12,17-18,20-21,26-27,29,45,51,54,60,63,71H,4-8,10-11,13-16,19,22-25,28,30-44,46-50,52-53,55-59,61-62,64-70H2,1-3H3/b12-9-,20-17-,21-18-,29-26-,45-27-,54-51-,63-60-. The summed E-state index contributed by atoms with van der Waals surface area (Å²) in [6.07, 6.45) is 90.8. The number of ether oxygens (including phenoxy) is 3. The summed E-state index contributed by atoms with van der Waals surface area (Å²) in [4.78, 5) is 38.3. The smallest absolute Gasteiger partial charge is 0.309 e. The largest absolute Gasteiger partial charge is 0.462 e. The van der Waals surface area contributed by atoms with Gasteiger partial charge in [-0.05, 0) is 77.0 Å². The van der Waals surface area contributed by atoms with Gasteiger partial charge in [0.25, 0.3) is 0 Å². The van der Waals surface area contributed by atoms with Gasteiger partial charge in [0, 0.05) is 12.8 Å². The minimum atomic E-state index is -0.821. The van der Waals surface area contributed by atoms with Gasteiger partial charge in [-0.25, -0.2) is 0 Å². The van der Waals surface area contributed by atoms with E-state index in [0.717, 1.165) is 83.5 Å². The molecule has 0 aromatic rings. The highest BCUT2D eigenvalue weighted by Gasteiger charge is 2.19. The van der Waals surface area contributed by atoms with Crippen molar-refractivity contribution in [2.45, 2.75) is 354 Å². The lowest BCUT2D eigenvalue weighted by molar-refractivity contribution is -0.166. The first-order chi connectivity index (χ1) is 39.5. The zero-order valence-corrected chi connectivity index (χ0v) is 53.1. The lowest BCUT2D eigenvalue weighted by Crippen LogP contribution is -2.30. The monoisotopic (exact) mass is 1110 g/mol. The number of unbranched alkanes of at least 4 members (excludes halogenated alkanes) is 39. The molecule has 0 spiro atoms. The van der Waals surface area contributed by atoms with Crippen LogP contribution >= 0.6 is 0 Å². The fourth-order valence-electron chi connectivity index (χ4n) is 10.0. The minimum Gasteiger partial charge on any atom is -0.462 e. The zero-order valence-electron chi connectivity index (χ0n) is 53.1. The molecule has 0 radical (unpaired) electrons. The lowest BCUT2D eigenvalue weighted by Gasteiger charge is -2.18. The molecule has 0 aromatic carbocycles. The van der Waals surface area contributed by atoms with Crippen LogP contribution in [0.25, 0.3) is 0 Å². The number of carbonyl (C=O) groups is 3. The third kappa shape index (κ3) is 65.4. The van der Waals surface area contributed by atoms with E-state index in [0.29, 0.717) is 12.8 Å². The topological polar surface area (TPSA) is 78.9 Å². The van der Waals surface area contributed by atoms with E-state index >= 15 is 0 Å². The second kappa shape index (κ2) is 68.1. The summed E-state index contributed by atoms with van der Waals surface area (Å²) in [6.45, 7) is 6.45. The Kier molecular flexibility index (Phi) is 65.2. The maximum atomic E-state index is 12.9. The Morgan fingerprint density at radius 1 is 0.275 bits per heavy atom. The molecule has 0 heterocycles. The predicted molar refractivity (Wildman–Crippen MR) is 348 cm³/mol. The molecule has 0 aliphatic rings. The van der Waals surface area contributed by atoms with E-state index < -0.39 is 12.1 Å². The van der Waals surface area contributed by atoms with Crippen molar-refractivity contribution in [3.8, 4) is 0 Å². The van der Waals surface area contributed by atoms with Gasteiger partial charge in [-0.3, -0.25) is 14.4 Å². The Labute approximate surface area is 496 Å². The zero-order chi connectivity index (χ0) is 57.8. The molecular weight excluding hydrogens is 985 g/mol. The van der Waals surface area contributed by atoms with Crippen LogP contribution in [0.5, 0.6) is 0 Å². The highest BCUT2D eigenvalue weighted by Crippen LogP contribution is 2.18. The summed E-state index contributed by atoms with van der Waals surface area (Å²) in [7, 11) is 0. The van der Waals surface area contributed by atoms with Crippen molar-refractivity contribution in [1.82, 2.24) is 0 Å². The van der Waals surface area contributed by atoms with Crippen LogP contribution in [0.4, 0.5) is 0 Å². The molecule has 1 atom stereocenters. The molecular formula is C74H130O6. The third-order valence-electron chi connectivity index (χ3n) is 15.2. The Morgan fingerprint density at radius 3 is 0.900 bits per heavy atom. The van der Waals surface area contributed by atoms with E-state index in [1.54, 1.807) is 6.08 Å². The second-order valence-electron chi connectivity index (χ2n) is 23.1. The molecule has 0 aliphatic heterocycles. The molecule has 0 aromatic heterocycles. The summed E-state index contributed by atoms with van der Waals surface area (Å²) in [5.41, 5.74) is 0. The van der Waals surface area contributed by atoms with Gasteiger partial charge in [0.1, 0.15) is 13.2 Å². The average molecular weight is 1120 g/mol. The Balaban J connectivity index is 4.26. The van der Waals surface area contributed by atoms with E-state index in [9.17, 15) is 14.4 Å². The number of esters is 3. The Morgan fingerprint density at radius 2 is 0.537 bits per heavy atom. The number of carbonyl (C=O) groups excluding carboxylic acids is 3. The van der Waals surface area contributed by atoms with Crippen LogP contribution in [0.15, 0.2) is 85.1 Å². The number of hydrogen-bond donors (Lipinski definition) is 0. The van der Waals surface area contributed by atoms with Gasteiger partial charge >= 0.3 is 17.9 Å². The van der Waals surface area contributed by atoms with Crippen LogP contribution in [-0.2, 0) is 28.6 Å². The molecule has 6 nitrogen and oxygen atoms in total. The highest BCUT2D eigenvalue weighted by molar-refractivity contribution is 5.72. The van der Waals surface area contributed by atoms with Gasteiger partial charge in [-0.1, -0.05) is 337 Å². The van der Waals surface area contributed by atoms with Crippen LogP contribution in [-0.4, -0.2) is 37.2 Å². The molecule has 0 saturated heterocycles. The first kappa shape index (κ1) is 76.6. The van der Waals surface area contributed by atoms with Crippen LogP contribution in [0.1, 0.15) is 348 Å². The van der Waals surface area contributed by atoms with Crippen molar-refractivity contribution in [1.29, 1.82) is 0 Å². The molecule has 0 rings (SSSR count). The summed E-state index contributed by atoms with van der Waals surface area (Å²) in [5.74, 6) is -1.03. The fraction of sp³-hybridized carbons (Fsp3) is 0.770. The molecule has 1 unspecified atom stereocenters. The predicted octanol–water partition coefficient (Wildman–Crippen LogP) is 23.8. The summed E-state index contributed by atoms with van der Waals surface area (Å²) in [5, 5.41) is 0. The van der Waals surface area contributed by atoms with Crippen LogP contribution < -0.4 is 0 Å². The van der Waals surface area contributed by atoms with Gasteiger partial charge in [-0.2, -0.15) is 0 Å². The SMILES string of the molecule is CC/C=C\C/C=C\C/C=C\C/C=C\C/C=C\CC(=O)OCC(COC(=O)CCCCCCCCCCCCCCCCCCCCCCCCCCCCCCCC)OC(=O)CCCCCCCCC/C=C\C/C=C\CCCCC. The summed E-state index contributed by atoms with van der Waals surface area (Å²) in [6, 6.07) is 0. The first-order valence-corrected chi connectivity index (χ1v) is 34.6. The van der Waals surface area contributed by atoms with E-state index in [1.165, 1.54) is 225 Å². The van der Waals surface area contributed by atoms with Crippen molar-refractivity contribution in [2.24, 2.45) is 0 Å². The minimum absolute atomic E-state index is 0.107. The van der Waals surface area contributed by atoms with Crippen molar-refractivity contribution < 1.29 is 28.6 Å². The normalized spacial score (nSPS) is 12.6. The van der Waals surface area contributed by atoms with Gasteiger partial charge in [0.2, 0.25) is 0 Å². The summed E-state index contributed by atoms with van der Waals surface area (Å²) >= 11 is 0. The van der Waals surface area contributed by atoms with Crippen molar-refractivity contribution >= 4 is 17.9 Å². The maximum Gasteiger partial charge on any atom is 0.309 e. The second-order valence-corrected chi connectivity index (χ2v) is 23.1. The maximum absolute atomic E-state index is 12.9. The number of hydrogen-bond acceptors (Lipinski definition) is 6. The van der Waals surface area contributed by atoms with Gasteiger partial charge in [0.05, 0.1) is 6.42 Å². The quantitative estimate of drug-likeness (QED) is 0.0261. The van der Waals surface area contributed by atoms with Crippen LogP contribution in [0.2, 0.25) is 0 Å². The van der Waals surface area contributed by atoms with E-state index in [1.807, 2.05) is 6.08 Å². The molecule has 462 valence electrons. The molecule has 0 saturated carbocycles. The van der Waals surface area contributed by atoms with Gasteiger partial charge in [-0.15, -0.1) is 0 Å². The highest BCUT2D eigenvalue weighted by atomic mass is 16.6. The fourth-order valence-corrected chi connectivity index (χ4v) is 10.0. The van der Waals surface area contributed by atoms with E-state index in [2.05, 4.69) is 93.7 Å². The van der Waals surface area contributed by atoms with Crippen molar-refractivity contribution in [3.05, 3.63) is 85.1 Å². The van der Waals surface area contributed by atoms with Gasteiger partial charge < -0.3 is 14.2 Å². The molecule has 0 N–H and O–H groups in total. The van der Waals surface area contributed by atoms with E-state index in [4.69, 9.17) is 14.2 Å². The Hall–Kier alpha value is -3.41. The van der Waals surface area contributed by atoms with Crippen LogP contribution in [0, 0.1) is 0 Å². The molecule has 0 bridgehead atoms. The molecule has 0 aliphatic carbocycles. The van der Waals surface area contributed by atoms with Crippen molar-refractivity contribution in [3.63, 3.8) is 0 Å². The lowest BCUT2D eigenvalue weighted by atomic mass is 10.0. The number of allylic oxidation sites excluding steroid dienone is 13. The molecule has 6 heteroatoms. The van der Waals surface area contributed by atoms with Crippen molar-refractivity contribution in [2.75, 3.05) is 13.2 Å².